The highest BCUT2D eigenvalue weighted by atomic mass is 35.5. The van der Waals surface area contributed by atoms with Crippen LogP contribution in [-0.2, 0) is 11.3 Å². The number of aryl methyl sites for hydroxylation is 1. The summed E-state index contributed by atoms with van der Waals surface area (Å²) in [4.78, 5) is 27.5. The lowest BCUT2D eigenvalue weighted by Crippen LogP contribution is -2.35. The van der Waals surface area contributed by atoms with Crippen LogP contribution in [0.15, 0.2) is 30.5 Å². The highest BCUT2D eigenvalue weighted by molar-refractivity contribution is 6.29. The van der Waals surface area contributed by atoms with Gasteiger partial charge in [-0.3, -0.25) is 14.8 Å². The maximum Gasteiger partial charge on any atom is 0.261 e. The number of fused-ring (bicyclic) bond motifs is 1. The Morgan fingerprint density at radius 3 is 2.88 bits per heavy atom. The fraction of sp³-hybridized carbons (Fsp3) is 0.304. The third kappa shape index (κ3) is 4.47. The van der Waals surface area contributed by atoms with Crippen molar-refractivity contribution in [3.63, 3.8) is 0 Å². The Balaban J connectivity index is 1.39. The summed E-state index contributed by atoms with van der Waals surface area (Å²) in [5, 5.41) is 10.2. The first kappa shape index (κ1) is 22.3. The topological polar surface area (TPSA) is 121 Å². The lowest BCUT2D eigenvalue weighted by Gasteiger charge is -2.26. The monoisotopic (exact) mass is 481 g/mol. The number of carbonyl (C=O) groups is 1. The smallest absolute Gasteiger partial charge is 0.261 e. The number of amides is 1. The van der Waals surface area contributed by atoms with E-state index in [1.54, 1.807) is 19.2 Å². The number of H-pyrrole nitrogens is 2. The van der Waals surface area contributed by atoms with E-state index >= 15 is 0 Å². The highest BCUT2D eigenvalue weighted by Gasteiger charge is 2.21. The maximum absolute atomic E-state index is 13.1. The van der Waals surface area contributed by atoms with Crippen LogP contribution in [-0.4, -0.2) is 69.4 Å². The minimum atomic E-state index is -0.384. The van der Waals surface area contributed by atoms with Crippen LogP contribution < -0.4 is 10.1 Å². The van der Waals surface area contributed by atoms with Gasteiger partial charge >= 0.3 is 0 Å². The fourth-order valence-electron chi connectivity index (χ4n) is 4.06. The summed E-state index contributed by atoms with van der Waals surface area (Å²) in [7, 11) is 1.44. The molecule has 1 amide bonds. The molecule has 1 saturated heterocycles. The number of nitrogens with zero attached hydrogens (tertiary/aromatic N) is 4. The predicted octanol–water partition coefficient (Wildman–Crippen LogP) is 3.40. The Bertz CT molecular complexity index is 1340. The van der Waals surface area contributed by atoms with E-state index in [1.807, 2.05) is 6.07 Å². The molecule has 0 unspecified atom stereocenters. The number of pyridine rings is 1. The Morgan fingerprint density at radius 2 is 2.09 bits per heavy atom. The number of methoxy groups -OCH3 is 1. The van der Waals surface area contributed by atoms with E-state index in [1.165, 1.54) is 12.7 Å². The number of hydrogen-bond donors (Lipinski definition) is 3. The zero-order chi connectivity index (χ0) is 23.7. The Hall–Kier alpha value is -3.47. The Morgan fingerprint density at radius 1 is 1.26 bits per heavy atom. The van der Waals surface area contributed by atoms with Gasteiger partial charge in [0.1, 0.15) is 10.7 Å². The standard InChI is InChI=1S/C23H24ClN7O3/c1-13-9-18(24)29-23(33-2)19(13)22(32)28-17-11-25-30-20(17)21-26-15-4-3-14(10-16(15)27-21)12-31-5-7-34-8-6-31/h3-4,9-11H,5-8,12H2,1-2H3,(H,25,30)(H,26,27)(H,28,32). The normalized spacial score (nSPS) is 14.4. The third-order valence-corrected chi connectivity index (χ3v) is 5.94. The molecule has 0 saturated carbocycles. The number of imidazole rings is 1. The van der Waals surface area contributed by atoms with Crippen LogP contribution >= 0.6 is 11.6 Å². The molecule has 1 aliphatic heterocycles. The molecule has 1 aromatic carbocycles. The second-order valence-corrected chi connectivity index (χ2v) is 8.46. The van der Waals surface area contributed by atoms with Crippen molar-refractivity contribution in [2.24, 2.45) is 0 Å². The number of nitrogens with one attached hydrogen (secondary N) is 3. The molecule has 10 nitrogen and oxygen atoms in total. The molecule has 1 fully saturated rings. The van der Waals surface area contributed by atoms with Crippen LogP contribution in [0.25, 0.3) is 22.6 Å². The van der Waals surface area contributed by atoms with Crippen LogP contribution in [0.4, 0.5) is 5.69 Å². The van der Waals surface area contributed by atoms with Crippen LogP contribution in [0.3, 0.4) is 0 Å². The number of rotatable bonds is 6. The van der Waals surface area contributed by atoms with Crippen molar-refractivity contribution in [1.82, 2.24) is 30.0 Å². The third-order valence-electron chi connectivity index (χ3n) is 5.74. The van der Waals surface area contributed by atoms with Gasteiger partial charge < -0.3 is 19.8 Å². The van der Waals surface area contributed by atoms with E-state index in [-0.39, 0.29) is 16.9 Å². The summed E-state index contributed by atoms with van der Waals surface area (Å²) in [5.74, 6) is 0.321. The zero-order valence-corrected chi connectivity index (χ0v) is 19.6. The number of morpholine rings is 1. The molecule has 34 heavy (non-hydrogen) atoms. The lowest BCUT2D eigenvalue weighted by molar-refractivity contribution is 0.0342. The van der Waals surface area contributed by atoms with Crippen LogP contribution in [0, 0.1) is 6.92 Å². The van der Waals surface area contributed by atoms with Gasteiger partial charge in [0.25, 0.3) is 5.91 Å². The molecular formula is C23H24ClN7O3. The van der Waals surface area contributed by atoms with Crippen molar-refractivity contribution in [2.75, 3.05) is 38.7 Å². The van der Waals surface area contributed by atoms with E-state index in [0.717, 1.165) is 43.9 Å². The van der Waals surface area contributed by atoms with Crippen LogP contribution in [0.2, 0.25) is 5.15 Å². The molecular weight excluding hydrogens is 458 g/mol. The number of benzene rings is 1. The van der Waals surface area contributed by atoms with E-state index < -0.39 is 0 Å². The van der Waals surface area contributed by atoms with Gasteiger partial charge in [-0.2, -0.15) is 5.10 Å². The molecule has 1 aliphatic rings. The van der Waals surface area contributed by atoms with Crippen LogP contribution in [0.5, 0.6) is 5.88 Å². The maximum atomic E-state index is 13.1. The number of anilines is 1. The molecule has 0 spiro atoms. The van der Waals surface area contributed by atoms with Crippen molar-refractivity contribution in [3.05, 3.63) is 52.3 Å². The highest BCUT2D eigenvalue weighted by Crippen LogP contribution is 2.29. The molecule has 4 aromatic rings. The minimum absolute atomic E-state index is 0.157. The van der Waals surface area contributed by atoms with Crippen molar-refractivity contribution in [2.45, 2.75) is 13.5 Å². The number of halogens is 1. The van der Waals surface area contributed by atoms with Gasteiger partial charge in [0.15, 0.2) is 11.5 Å². The van der Waals surface area contributed by atoms with Gasteiger partial charge in [-0.25, -0.2) is 9.97 Å². The average molecular weight is 482 g/mol. The van der Waals surface area contributed by atoms with E-state index in [9.17, 15) is 4.79 Å². The van der Waals surface area contributed by atoms with Gasteiger partial charge in [0.05, 0.1) is 37.0 Å². The molecule has 176 valence electrons. The van der Waals surface area contributed by atoms with Crippen molar-refractivity contribution in [1.29, 1.82) is 0 Å². The zero-order valence-electron chi connectivity index (χ0n) is 18.8. The van der Waals surface area contributed by atoms with E-state index in [0.29, 0.717) is 28.3 Å². The second kappa shape index (κ2) is 9.41. The van der Waals surface area contributed by atoms with E-state index in [2.05, 4.69) is 42.5 Å². The summed E-state index contributed by atoms with van der Waals surface area (Å²) < 4.78 is 10.7. The molecule has 0 aliphatic carbocycles. The van der Waals surface area contributed by atoms with Gasteiger partial charge in [-0.05, 0) is 36.2 Å². The Labute approximate surface area is 200 Å². The number of carbonyl (C=O) groups excluding carboxylic acids is 1. The summed E-state index contributed by atoms with van der Waals surface area (Å²) in [6.45, 7) is 6.00. The molecule has 4 heterocycles. The van der Waals surface area contributed by atoms with Gasteiger partial charge in [-0.15, -0.1) is 0 Å². The van der Waals surface area contributed by atoms with Gasteiger partial charge in [-0.1, -0.05) is 17.7 Å². The summed E-state index contributed by atoms with van der Waals surface area (Å²) >= 11 is 6.00. The van der Waals surface area contributed by atoms with Crippen molar-refractivity contribution < 1.29 is 14.3 Å². The molecule has 0 radical (unpaired) electrons. The van der Waals surface area contributed by atoms with E-state index in [4.69, 9.17) is 26.1 Å². The number of ether oxygens (including phenoxy) is 2. The molecule has 11 heteroatoms. The van der Waals surface area contributed by atoms with Crippen LogP contribution in [0.1, 0.15) is 21.5 Å². The number of hydrogen-bond acceptors (Lipinski definition) is 7. The number of aromatic amines is 2. The summed E-state index contributed by atoms with van der Waals surface area (Å²) in [6, 6.07) is 7.79. The molecule has 0 bridgehead atoms. The molecule has 0 atom stereocenters. The molecule has 3 N–H and O–H groups in total. The lowest BCUT2D eigenvalue weighted by atomic mass is 10.1. The first-order chi connectivity index (χ1) is 16.5. The number of aromatic nitrogens is 5. The quantitative estimate of drug-likeness (QED) is 0.361. The molecule has 5 rings (SSSR count). The minimum Gasteiger partial charge on any atom is -0.480 e. The Kier molecular flexibility index (Phi) is 6.18. The first-order valence-electron chi connectivity index (χ1n) is 10.9. The summed E-state index contributed by atoms with van der Waals surface area (Å²) in [6.07, 6.45) is 1.61. The van der Waals surface area contributed by atoms with Crippen molar-refractivity contribution in [3.8, 4) is 17.4 Å². The predicted molar refractivity (Wildman–Crippen MR) is 128 cm³/mol. The first-order valence-corrected chi connectivity index (χ1v) is 11.2. The average Bonchev–Trinajstić information content (AvgIpc) is 3.45. The second-order valence-electron chi connectivity index (χ2n) is 8.07. The molecule has 3 aromatic heterocycles. The summed E-state index contributed by atoms with van der Waals surface area (Å²) in [5.41, 5.74) is 4.83. The van der Waals surface area contributed by atoms with Gasteiger partial charge in [0.2, 0.25) is 5.88 Å². The van der Waals surface area contributed by atoms with Crippen molar-refractivity contribution >= 4 is 34.2 Å². The SMILES string of the molecule is COc1nc(Cl)cc(C)c1C(=O)Nc1c[nH]nc1-c1nc2cc(CN3CCOCC3)ccc2[nH]1. The largest absolute Gasteiger partial charge is 0.480 e. The van der Waals surface area contributed by atoms with Gasteiger partial charge in [0, 0.05) is 25.8 Å². The fourth-order valence-corrected chi connectivity index (χ4v) is 4.30.